The third kappa shape index (κ3) is 2.64. The molecule has 0 radical (unpaired) electrons. The molecule has 1 aromatic rings. The monoisotopic (exact) mass is 233 g/mol. The van der Waals surface area contributed by atoms with Gasteiger partial charge in [0.15, 0.2) is 0 Å². The van der Waals surface area contributed by atoms with Crippen LogP contribution in [0.25, 0.3) is 0 Å². The van der Waals surface area contributed by atoms with Crippen molar-refractivity contribution in [3.8, 4) is 0 Å². The lowest BCUT2D eigenvalue weighted by Crippen LogP contribution is -2.53. The average molecular weight is 233 g/mol. The Bertz CT molecular complexity index is 398. The molecule has 1 amide bonds. The molecule has 1 atom stereocenters. The summed E-state index contributed by atoms with van der Waals surface area (Å²) >= 11 is 0. The van der Waals surface area contributed by atoms with Crippen molar-refractivity contribution in [3.05, 3.63) is 30.1 Å². The summed E-state index contributed by atoms with van der Waals surface area (Å²) in [4.78, 5) is 18.0. The largest absolute Gasteiger partial charge is 0.340 e. The number of pyridine rings is 1. The van der Waals surface area contributed by atoms with Gasteiger partial charge in [-0.2, -0.15) is 0 Å². The summed E-state index contributed by atoms with van der Waals surface area (Å²) in [6.45, 7) is 2.40. The molecule has 1 aliphatic rings. The SMILES string of the molecule is CN(Cc1cccnc1)C(=O)C(C)(N)C1CC1. The zero-order chi connectivity index (χ0) is 12.5. The number of carbonyl (C=O) groups is 1. The van der Waals surface area contributed by atoms with Gasteiger partial charge >= 0.3 is 0 Å². The Balaban J connectivity index is 2.00. The Morgan fingerprint density at radius 3 is 2.88 bits per heavy atom. The van der Waals surface area contributed by atoms with E-state index in [1.807, 2.05) is 19.1 Å². The van der Waals surface area contributed by atoms with Crippen LogP contribution < -0.4 is 5.73 Å². The summed E-state index contributed by atoms with van der Waals surface area (Å²) in [5, 5.41) is 0. The normalized spacial score (nSPS) is 18.5. The highest BCUT2D eigenvalue weighted by Crippen LogP contribution is 2.38. The maximum atomic E-state index is 12.2. The summed E-state index contributed by atoms with van der Waals surface area (Å²) in [6, 6.07) is 3.83. The van der Waals surface area contributed by atoms with Crippen LogP contribution in [-0.4, -0.2) is 28.4 Å². The third-order valence-electron chi connectivity index (χ3n) is 3.38. The molecule has 2 N–H and O–H groups in total. The van der Waals surface area contributed by atoms with Crippen LogP contribution in [0.2, 0.25) is 0 Å². The first kappa shape index (κ1) is 12.0. The van der Waals surface area contributed by atoms with Crippen molar-refractivity contribution >= 4 is 5.91 Å². The molecule has 0 aromatic carbocycles. The Hall–Kier alpha value is -1.42. The van der Waals surface area contributed by atoms with Crippen LogP contribution in [0.4, 0.5) is 0 Å². The van der Waals surface area contributed by atoms with Crippen molar-refractivity contribution in [2.75, 3.05) is 7.05 Å². The minimum Gasteiger partial charge on any atom is -0.340 e. The van der Waals surface area contributed by atoms with Crippen LogP contribution in [0.1, 0.15) is 25.3 Å². The molecule has 1 unspecified atom stereocenters. The number of nitrogens with two attached hydrogens (primary N) is 1. The topological polar surface area (TPSA) is 59.2 Å². The fourth-order valence-corrected chi connectivity index (χ4v) is 2.11. The first-order chi connectivity index (χ1) is 8.01. The van der Waals surface area contributed by atoms with E-state index in [9.17, 15) is 4.79 Å². The van der Waals surface area contributed by atoms with E-state index in [1.54, 1.807) is 24.3 Å². The van der Waals surface area contributed by atoms with E-state index >= 15 is 0 Å². The fourth-order valence-electron chi connectivity index (χ4n) is 2.11. The molecule has 4 nitrogen and oxygen atoms in total. The number of hydrogen-bond acceptors (Lipinski definition) is 3. The number of hydrogen-bond donors (Lipinski definition) is 1. The van der Waals surface area contributed by atoms with Crippen molar-refractivity contribution in [1.82, 2.24) is 9.88 Å². The van der Waals surface area contributed by atoms with Crippen molar-refractivity contribution < 1.29 is 4.79 Å². The average Bonchev–Trinajstić information content (AvgIpc) is 3.13. The first-order valence-electron chi connectivity index (χ1n) is 5.95. The Morgan fingerprint density at radius 1 is 1.65 bits per heavy atom. The van der Waals surface area contributed by atoms with Crippen LogP contribution in [0, 0.1) is 5.92 Å². The van der Waals surface area contributed by atoms with Crippen LogP contribution >= 0.6 is 0 Å². The molecular formula is C13H19N3O. The van der Waals surface area contributed by atoms with Gasteiger partial charge in [-0.3, -0.25) is 9.78 Å². The number of aromatic nitrogens is 1. The van der Waals surface area contributed by atoms with Gasteiger partial charge in [0, 0.05) is 26.0 Å². The number of likely N-dealkylation sites (N-methyl/N-ethyl adjacent to an activating group) is 1. The lowest BCUT2D eigenvalue weighted by molar-refractivity contribution is -0.136. The Kier molecular flexibility index (Phi) is 3.15. The molecule has 4 heteroatoms. The van der Waals surface area contributed by atoms with E-state index in [0.717, 1.165) is 18.4 Å². The second-order valence-electron chi connectivity index (χ2n) is 5.08. The van der Waals surface area contributed by atoms with Crippen LogP contribution in [0.15, 0.2) is 24.5 Å². The quantitative estimate of drug-likeness (QED) is 0.849. The zero-order valence-corrected chi connectivity index (χ0v) is 10.4. The Labute approximate surface area is 102 Å². The highest BCUT2D eigenvalue weighted by atomic mass is 16.2. The maximum absolute atomic E-state index is 12.2. The van der Waals surface area contributed by atoms with E-state index in [1.165, 1.54) is 0 Å². The molecule has 17 heavy (non-hydrogen) atoms. The standard InChI is InChI=1S/C13H19N3O/c1-13(14,11-5-6-11)12(17)16(2)9-10-4-3-7-15-8-10/h3-4,7-8,11H,5-6,9,14H2,1-2H3. The van der Waals surface area contributed by atoms with E-state index in [0.29, 0.717) is 12.5 Å². The van der Waals surface area contributed by atoms with Crippen molar-refractivity contribution in [2.45, 2.75) is 31.8 Å². The summed E-state index contributed by atoms with van der Waals surface area (Å²) in [7, 11) is 1.79. The smallest absolute Gasteiger partial charge is 0.242 e. The predicted molar refractivity (Wildman–Crippen MR) is 66.0 cm³/mol. The van der Waals surface area contributed by atoms with Gasteiger partial charge < -0.3 is 10.6 Å². The van der Waals surface area contributed by atoms with Crippen LogP contribution in [0.5, 0.6) is 0 Å². The Morgan fingerprint density at radius 2 is 2.35 bits per heavy atom. The van der Waals surface area contributed by atoms with E-state index in [-0.39, 0.29) is 5.91 Å². The van der Waals surface area contributed by atoms with Crippen LogP contribution in [0.3, 0.4) is 0 Å². The van der Waals surface area contributed by atoms with Gasteiger partial charge in [0.05, 0.1) is 5.54 Å². The van der Waals surface area contributed by atoms with Gasteiger partial charge in [-0.25, -0.2) is 0 Å². The van der Waals surface area contributed by atoms with Crippen molar-refractivity contribution in [1.29, 1.82) is 0 Å². The van der Waals surface area contributed by atoms with E-state index < -0.39 is 5.54 Å². The minimum absolute atomic E-state index is 0.0175. The maximum Gasteiger partial charge on any atom is 0.242 e. The second-order valence-corrected chi connectivity index (χ2v) is 5.08. The van der Waals surface area contributed by atoms with Crippen LogP contribution in [-0.2, 0) is 11.3 Å². The number of carbonyl (C=O) groups excluding carboxylic acids is 1. The van der Waals surface area contributed by atoms with Gasteiger partial charge in [-0.1, -0.05) is 6.07 Å². The number of nitrogens with zero attached hydrogens (tertiary/aromatic N) is 2. The zero-order valence-electron chi connectivity index (χ0n) is 10.4. The molecule has 92 valence electrons. The molecule has 1 aromatic heterocycles. The van der Waals surface area contributed by atoms with E-state index in [2.05, 4.69) is 4.98 Å². The highest BCUT2D eigenvalue weighted by Gasteiger charge is 2.45. The van der Waals surface area contributed by atoms with Gasteiger partial charge in [0.2, 0.25) is 5.91 Å². The first-order valence-corrected chi connectivity index (χ1v) is 5.95. The lowest BCUT2D eigenvalue weighted by atomic mass is 9.95. The fraction of sp³-hybridized carbons (Fsp3) is 0.538. The molecule has 1 heterocycles. The summed E-state index contributed by atoms with van der Waals surface area (Å²) < 4.78 is 0. The lowest BCUT2D eigenvalue weighted by Gasteiger charge is -2.29. The molecule has 2 rings (SSSR count). The van der Waals surface area contributed by atoms with Gasteiger partial charge in [-0.15, -0.1) is 0 Å². The molecule has 0 bridgehead atoms. The minimum atomic E-state index is -0.711. The van der Waals surface area contributed by atoms with E-state index in [4.69, 9.17) is 5.73 Å². The molecule has 1 aliphatic carbocycles. The number of rotatable bonds is 4. The summed E-state index contributed by atoms with van der Waals surface area (Å²) in [6.07, 6.45) is 5.64. The molecular weight excluding hydrogens is 214 g/mol. The second kappa shape index (κ2) is 4.45. The molecule has 0 aliphatic heterocycles. The predicted octanol–water partition coefficient (Wildman–Crippen LogP) is 1.17. The van der Waals surface area contributed by atoms with Gasteiger partial charge in [-0.05, 0) is 37.3 Å². The molecule has 0 spiro atoms. The van der Waals surface area contributed by atoms with Crippen molar-refractivity contribution in [2.24, 2.45) is 11.7 Å². The molecule has 1 saturated carbocycles. The van der Waals surface area contributed by atoms with Gasteiger partial charge in [0.1, 0.15) is 0 Å². The summed E-state index contributed by atoms with van der Waals surface area (Å²) in [5.41, 5.74) is 6.43. The highest BCUT2D eigenvalue weighted by molar-refractivity contribution is 5.86. The van der Waals surface area contributed by atoms with Gasteiger partial charge in [0.25, 0.3) is 0 Å². The number of amides is 1. The summed E-state index contributed by atoms with van der Waals surface area (Å²) in [5.74, 6) is 0.371. The third-order valence-corrected chi connectivity index (χ3v) is 3.38. The molecule has 0 saturated heterocycles. The van der Waals surface area contributed by atoms with Crippen molar-refractivity contribution in [3.63, 3.8) is 0 Å². The molecule has 1 fully saturated rings.